The maximum Gasteiger partial charge on any atom is 0.342 e. The molecule has 0 radical (unpaired) electrons. The second-order valence-corrected chi connectivity index (χ2v) is 7.08. The third-order valence-corrected chi connectivity index (χ3v) is 5.11. The number of benzene rings is 1. The minimum atomic E-state index is -0.724. The van der Waals surface area contributed by atoms with Crippen molar-refractivity contribution in [3.8, 4) is 11.5 Å². The lowest BCUT2D eigenvalue weighted by Crippen LogP contribution is -2.18. The quantitative estimate of drug-likeness (QED) is 0.362. The van der Waals surface area contributed by atoms with Crippen molar-refractivity contribution >= 4 is 23.3 Å². The summed E-state index contributed by atoms with van der Waals surface area (Å²) in [5.41, 5.74) is 0.228. The normalized spacial score (nSPS) is 29.8. The number of ether oxygens (including phenoxy) is 1. The van der Waals surface area contributed by atoms with Crippen LogP contribution >= 0.6 is 11.6 Å². The SMILES string of the molecule is C[C@@H]1C[C@H]2C[C@@H]2/C=C/C=C/C(=N\O)Cc2c(Cl)c(O)cc(O)c2C(=O)O1. The summed E-state index contributed by atoms with van der Waals surface area (Å²) in [4.78, 5) is 12.6. The number of cyclic esters (lactones) is 1. The number of aromatic hydroxyl groups is 2. The fourth-order valence-electron chi connectivity index (χ4n) is 3.25. The topological polar surface area (TPSA) is 99.4 Å². The van der Waals surface area contributed by atoms with Gasteiger partial charge in [0.05, 0.1) is 16.8 Å². The maximum atomic E-state index is 12.6. The number of phenolic OH excluding ortho intramolecular Hbond substituents is 2. The van der Waals surface area contributed by atoms with Crippen LogP contribution in [0.1, 0.15) is 35.7 Å². The van der Waals surface area contributed by atoms with Gasteiger partial charge in [0.15, 0.2) is 0 Å². The van der Waals surface area contributed by atoms with E-state index in [1.165, 1.54) is 0 Å². The highest BCUT2D eigenvalue weighted by Crippen LogP contribution is 2.44. The van der Waals surface area contributed by atoms with E-state index in [1.807, 2.05) is 13.0 Å². The van der Waals surface area contributed by atoms with E-state index in [9.17, 15) is 20.2 Å². The van der Waals surface area contributed by atoms with Gasteiger partial charge in [0.1, 0.15) is 17.1 Å². The van der Waals surface area contributed by atoms with Gasteiger partial charge in [-0.05, 0) is 43.2 Å². The lowest BCUT2D eigenvalue weighted by atomic mass is 9.99. The first-order valence-electron chi connectivity index (χ1n) is 8.40. The molecule has 1 heterocycles. The molecule has 0 amide bonds. The Labute approximate surface area is 156 Å². The number of carbonyl (C=O) groups excluding carboxylic acids is 1. The third-order valence-electron chi connectivity index (χ3n) is 4.69. The van der Waals surface area contributed by atoms with Crippen LogP contribution in [-0.2, 0) is 11.2 Å². The summed E-state index contributed by atoms with van der Waals surface area (Å²) in [5, 5.41) is 32.4. The summed E-state index contributed by atoms with van der Waals surface area (Å²) in [5.74, 6) is -0.625. The number of allylic oxidation sites excluding steroid dienone is 4. The molecule has 3 N–H and O–H groups in total. The minimum Gasteiger partial charge on any atom is -0.507 e. The largest absolute Gasteiger partial charge is 0.507 e. The molecule has 1 saturated carbocycles. The van der Waals surface area contributed by atoms with Crippen LogP contribution in [0.2, 0.25) is 5.02 Å². The van der Waals surface area contributed by atoms with E-state index in [1.54, 1.807) is 12.2 Å². The van der Waals surface area contributed by atoms with Gasteiger partial charge in [-0.3, -0.25) is 0 Å². The molecule has 2 aliphatic rings. The first-order valence-corrected chi connectivity index (χ1v) is 8.78. The highest BCUT2D eigenvalue weighted by molar-refractivity contribution is 6.33. The van der Waals surface area contributed by atoms with Crippen LogP contribution in [0.25, 0.3) is 0 Å². The van der Waals surface area contributed by atoms with E-state index in [-0.39, 0.29) is 40.1 Å². The average Bonchev–Trinajstić information content (AvgIpc) is 3.31. The predicted molar refractivity (Wildman–Crippen MR) is 97.1 cm³/mol. The van der Waals surface area contributed by atoms with Gasteiger partial charge in [-0.1, -0.05) is 35.0 Å². The molecule has 3 rings (SSSR count). The van der Waals surface area contributed by atoms with E-state index in [4.69, 9.17) is 16.3 Å². The van der Waals surface area contributed by atoms with Crippen LogP contribution < -0.4 is 0 Å². The van der Waals surface area contributed by atoms with Crippen molar-refractivity contribution in [3.05, 3.63) is 46.5 Å². The number of phenols is 2. The number of nitrogens with zero attached hydrogens (tertiary/aromatic N) is 1. The van der Waals surface area contributed by atoms with E-state index in [0.29, 0.717) is 11.8 Å². The zero-order valence-corrected chi connectivity index (χ0v) is 15.0. The number of rotatable bonds is 0. The summed E-state index contributed by atoms with van der Waals surface area (Å²) in [6.45, 7) is 1.81. The zero-order valence-electron chi connectivity index (χ0n) is 14.2. The Morgan fingerprint density at radius 3 is 2.73 bits per heavy atom. The number of esters is 1. The minimum absolute atomic E-state index is 0.0630. The number of carbonyl (C=O) groups is 1. The first-order chi connectivity index (χ1) is 12.4. The van der Waals surface area contributed by atoms with Crippen LogP contribution in [0.4, 0.5) is 0 Å². The summed E-state index contributed by atoms with van der Waals surface area (Å²) < 4.78 is 5.48. The molecule has 0 spiro atoms. The first kappa shape index (κ1) is 18.3. The Morgan fingerprint density at radius 2 is 2.00 bits per heavy atom. The van der Waals surface area contributed by atoms with Gasteiger partial charge in [0.2, 0.25) is 0 Å². The van der Waals surface area contributed by atoms with Crippen molar-refractivity contribution < 1.29 is 25.0 Å². The van der Waals surface area contributed by atoms with Crippen LogP contribution in [0.5, 0.6) is 11.5 Å². The van der Waals surface area contributed by atoms with E-state index >= 15 is 0 Å². The van der Waals surface area contributed by atoms with Crippen molar-refractivity contribution in [2.45, 2.75) is 32.3 Å². The molecule has 138 valence electrons. The third kappa shape index (κ3) is 3.85. The highest BCUT2D eigenvalue weighted by Gasteiger charge is 2.36. The van der Waals surface area contributed by atoms with Gasteiger partial charge in [0, 0.05) is 12.5 Å². The lowest BCUT2D eigenvalue weighted by molar-refractivity contribution is 0.0307. The smallest absolute Gasteiger partial charge is 0.342 e. The average molecular weight is 378 g/mol. The van der Waals surface area contributed by atoms with E-state index in [2.05, 4.69) is 11.2 Å². The van der Waals surface area contributed by atoms with Crippen molar-refractivity contribution in [3.63, 3.8) is 0 Å². The molecular weight excluding hydrogens is 358 g/mol. The molecule has 1 aromatic carbocycles. The fourth-order valence-corrected chi connectivity index (χ4v) is 3.47. The van der Waals surface area contributed by atoms with Gasteiger partial charge in [-0.25, -0.2) is 4.79 Å². The van der Waals surface area contributed by atoms with Crippen molar-refractivity contribution in [1.82, 2.24) is 0 Å². The van der Waals surface area contributed by atoms with Crippen LogP contribution in [0.3, 0.4) is 0 Å². The van der Waals surface area contributed by atoms with Gasteiger partial charge in [-0.2, -0.15) is 0 Å². The Kier molecular flexibility index (Phi) is 5.23. The molecule has 1 aliphatic carbocycles. The van der Waals surface area contributed by atoms with Crippen LogP contribution in [0.15, 0.2) is 35.5 Å². The van der Waals surface area contributed by atoms with Gasteiger partial charge in [0.25, 0.3) is 0 Å². The second-order valence-electron chi connectivity index (χ2n) is 6.71. The Balaban J connectivity index is 2.05. The molecule has 0 aromatic heterocycles. The molecule has 1 aromatic rings. The van der Waals surface area contributed by atoms with Crippen molar-refractivity contribution in [2.75, 3.05) is 0 Å². The summed E-state index contributed by atoms with van der Waals surface area (Å²) in [6, 6.07) is 1.00. The van der Waals surface area contributed by atoms with Crippen LogP contribution in [0, 0.1) is 11.8 Å². The van der Waals surface area contributed by atoms with E-state index in [0.717, 1.165) is 18.9 Å². The Bertz CT molecular complexity index is 815. The van der Waals surface area contributed by atoms with Crippen molar-refractivity contribution in [1.29, 1.82) is 0 Å². The molecule has 6 nitrogen and oxygen atoms in total. The standard InChI is InChI=1S/C19H20ClNO5/c1-10-6-12-7-11(12)4-2-3-5-13(21-25)8-14-17(19(24)26-10)15(22)9-16(23)18(14)20/h2-5,9-12,22-23,25H,6-8H2,1H3/b4-2+,5-3+,21-13+/t10-,11+,12+/m1/s1. The van der Waals surface area contributed by atoms with Gasteiger partial charge < -0.3 is 20.2 Å². The van der Waals surface area contributed by atoms with Crippen molar-refractivity contribution in [2.24, 2.45) is 17.0 Å². The second kappa shape index (κ2) is 7.41. The number of halogens is 1. The summed E-state index contributed by atoms with van der Waals surface area (Å²) in [7, 11) is 0. The molecule has 0 unspecified atom stereocenters. The number of fused-ring (bicyclic) bond motifs is 2. The van der Waals surface area contributed by atoms with Gasteiger partial charge >= 0.3 is 5.97 Å². The number of oxime groups is 1. The maximum absolute atomic E-state index is 12.6. The molecule has 1 aliphatic heterocycles. The fraction of sp³-hybridized carbons (Fsp3) is 0.368. The number of hydrogen-bond acceptors (Lipinski definition) is 6. The monoisotopic (exact) mass is 377 g/mol. The molecule has 7 heteroatoms. The molecule has 3 atom stereocenters. The summed E-state index contributed by atoms with van der Waals surface area (Å²) >= 11 is 6.14. The molecule has 0 bridgehead atoms. The lowest BCUT2D eigenvalue weighted by Gasteiger charge is -2.17. The Hall–Kier alpha value is -2.47. The molecular formula is C19H20ClNO5. The van der Waals surface area contributed by atoms with Crippen LogP contribution in [-0.4, -0.2) is 33.2 Å². The number of hydrogen-bond donors (Lipinski definition) is 3. The molecule has 26 heavy (non-hydrogen) atoms. The Morgan fingerprint density at radius 1 is 1.23 bits per heavy atom. The molecule has 1 fully saturated rings. The zero-order chi connectivity index (χ0) is 18.8. The van der Waals surface area contributed by atoms with E-state index < -0.39 is 11.7 Å². The predicted octanol–water partition coefficient (Wildman–Crippen LogP) is 3.82. The molecule has 0 saturated heterocycles. The summed E-state index contributed by atoms with van der Waals surface area (Å²) in [6.07, 6.45) is 8.67. The highest BCUT2D eigenvalue weighted by atomic mass is 35.5. The van der Waals surface area contributed by atoms with Gasteiger partial charge in [-0.15, -0.1) is 0 Å².